The van der Waals surface area contributed by atoms with E-state index in [0.717, 1.165) is 17.3 Å². The highest BCUT2D eigenvalue weighted by molar-refractivity contribution is 7.88. The standard InChI is InChI=1S/C12H22N2O3S/c1-4-5-6-9-13-10-11-7-8-12(17-11)18(15,16)14(2)3/h7-8,13H,4-6,9-10H2,1-3H3. The number of nitrogens with one attached hydrogen (secondary N) is 1. The van der Waals surface area contributed by atoms with Crippen LogP contribution >= 0.6 is 0 Å². The Bertz CT molecular complexity index is 452. The summed E-state index contributed by atoms with van der Waals surface area (Å²) in [6.45, 7) is 3.64. The highest BCUT2D eigenvalue weighted by Crippen LogP contribution is 2.16. The van der Waals surface area contributed by atoms with Gasteiger partial charge in [-0.15, -0.1) is 0 Å². The molecule has 1 aromatic heterocycles. The summed E-state index contributed by atoms with van der Waals surface area (Å²) in [5.74, 6) is 0.645. The molecule has 1 aromatic rings. The average molecular weight is 274 g/mol. The number of unbranched alkanes of at least 4 members (excludes halogenated alkanes) is 2. The number of rotatable bonds is 8. The van der Waals surface area contributed by atoms with E-state index in [2.05, 4.69) is 12.2 Å². The van der Waals surface area contributed by atoms with Crippen LogP contribution in [0.3, 0.4) is 0 Å². The Morgan fingerprint density at radius 1 is 1.28 bits per heavy atom. The summed E-state index contributed by atoms with van der Waals surface area (Å²) < 4.78 is 30.0. The Kier molecular flexibility index (Phi) is 5.84. The first-order valence-electron chi connectivity index (χ1n) is 6.20. The van der Waals surface area contributed by atoms with Crippen LogP contribution in [-0.2, 0) is 16.6 Å². The van der Waals surface area contributed by atoms with Crippen LogP contribution in [0.15, 0.2) is 21.6 Å². The Balaban J connectivity index is 2.49. The number of hydrogen-bond donors (Lipinski definition) is 1. The summed E-state index contributed by atoms with van der Waals surface area (Å²) in [4.78, 5) is 0. The molecular formula is C12H22N2O3S. The van der Waals surface area contributed by atoms with Gasteiger partial charge in [0.15, 0.2) is 0 Å². The smallest absolute Gasteiger partial charge is 0.275 e. The summed E-state index contributed by atoms with van der Waals surface area (Å²) in [6, 6.07) is 3.20. The van der Waals surface area contributed by atoms with Crippen LogP contribution < -0.4 is 5.32 Å². The maximum Gasteiger partial charge on any atom is 0.275 e. The van der Waals surface area contributed by atoms with Crippen LogP contribution in [-0.4, -0.2) is 33.4 Å². The van der Waals surface area contributed by atoms with Crippen molar-refractivity contribution in [3.63, 3.8) is 0 Å². The van der Waals surface area contributed by atoms with Crippen molar-refractivity contribution in [1.29, 1.82) is 0 Å². The number of sulfonamides is 1. The van der Waals surface area contributed by atoms with E-state index in [1.54, 1.807) is 6.07 Å². The van der Waals surface area contributed by atoms with Crippen molar-refractivity contribution in [3.8, 4) is 0 Å². The van der Waals surface area contributed by atoms with E-state index in [0.29, 0.717) is 12.3 Å². The van der Waals surface area contributed by atoms with Gasteiger partial charge < -0.3 is 9.73 Å². The van der Waals surface area contributed by atoms with Gasteiger partial charge in [0, 0.05) is 14.1 Å². The Labute approximate surface area is 109 Å². The lowest BCUT2D eigenvalue weighted by Crippen LogP contribution is -2.21. The van der Waals surface area contributed by atoms with Gasteiger partial charge in [-0.2, -0.15) is 0 Å². The van der Waals surface area contributed by atoms with Gasteiger partial charge in [0.2, 0.25) is 5.09 Å². The van der Waals surface area contributed by atoms with Crippen molar-refractivity contribution >= 4 is 10.0 Å². The molecule has 0 aliphatic heterocycles. The van der Waals surface area contributed by atoms with Crippen LogP contribution in [0.2, 0.25) is 0 Å². The maximum absolute atomic E-state index is 11.8. The second-order valence-corrected chi connectivity index (χ2v) is 6.47. The van der Waals surface area contributed by atoms with E-state index in [9.17, 15) is 8.42 Å². The lowest BCUT2D eigenvalue weighted by molar-refractivity contribution is 0.388. The molecule has 6 heteroatoms. The molecule has 0 amide bonds. The minimum atomic E-state index is -3.46. The molecule has 0 spiro atoms. The SMILES string of the molecule is CCCCCNCc1ccc(S(=O)(=O)N(C)C)o1. The zero-order chi connectivity index (χ0) is 13.6. The lowest BCUT2D eigenvalue weighted by Gasteiger charge is -2.07. The van der Waals surface area contributed by atoms with E-state index in [4.69, 9.17) is 4.42 Å². The van der Waals surface area contributed by atoms with Gasteiger partial charge in [0.25, 0.3) is 10.0 Å². The summed E-state index contributed by atoms with van der Waals surface area (Å²) in [5.41, 5.74) is 0. The molecule has 0 saturated carbocycles. The third-order valence-electron chi connectivity index (χ3n) is 2.63. The van der Waals surface area contributed by atoms with E-state index >= 15 is 0 Å². The minimum absolute atomic E-state index is 0.00198. The first-order valence-corrected chi connectivity index (χ1v) is 7.64. The van der Waals surface area contributed by atoms with Gasteiger partial charge in [-0.05, 0) is 25.1 Å². The predicted molar refractivity (Wildman–Crippen MR) is 70.8 cm³/mol. The van der Waals surface area contributed by atoms with Crippen molar-refractivity contribution < 1.29 is 12.8 Å². The highest BCUT2D eigenvalue weighted by Gasteiger charge is 2.21. The van der Waals surface area contributed by atoms with Crippen LogP contribution in [0.5, 0.6) is 0 Å². The molecule has 0 aromatic carbocycles. The molecule has 1 N–H and O–H groups in total. The molecule has 0 fully saturated rings. The van der Waals surface area contributed by atoms with Crippen molar-refractivity contribution in [3.05, 3.63) is 17.9 Å². The normalized spacial score (nSPS) is 12.2. The Morgan fingerprint density at radius 3 is 2.61 bits per heavy atom. The van der Waals surface area contributed by atoms with Crippen molar-refractivity contribution in [2.24, 2.45) is 0 Å². The molecule has 0 unspecified atom stereocenters. The second kappa shape index (κ2) is 6.92. The van der Waals surface area contributed by atoms with E-state index in [1.807, 2.05) is 0 Å². The van der Waals surface area contributed by atoms with Gasteiger partial charge in [-0.3, -0.25) is 0 Å². The minimum Gasteiger partial charge on any atom is -0.447 e. The van der Waals surface area contributed by atoms with Crippen molar-refractivity contribution in [2.75, 3.05) is 20.6 Å². The molecule has 1 rings (SSSR count). The number of hydrogen-bond acceptors (Lipinski definition) is 4. The molecule has 1 heterocycles. The zero-order valence-corrected chi connectivity index (χ0v) is 12.1. The highest BCUT2D eigenvalue weighted by atomic mass is 32.2. The summed E-state index contributed by atoms with van der Waals surface area (Å²) in [5, 5.41) is 3.23. The zero-order valence-electron chi connectivity index (χ0n) is 11.3. The molecule has 0 radical (unpaired) electrons. The molecule has 0 atom stereocenters. The van der Waals surface area contributed by atoms with Crippen molar-refractivity contribution in [2.45, 2.75) is 37.8 Å². The molecule has 18 heavy (non-hydrogen) atoms. The second-order valence-electron chi connectivity index (χ2n) is 4.39. The van der Waals surface area contributed by atoms with E-state index < -0.39 is 10.0 Å². The van der Waals surface area contributed by atoms with Gasteiger partial charge in [0.1, 0.15) is 5.76 Å². The first kappa shape index (κ1) is 15.2. The largest absolute Gasteiger partial charge is 0.447 e. The van der Waals surface area contributed by atoms with E-state index in [-0.39, 0.29) is 5.09 Å². The molecule has 0 aliphatic rings. The van der Waals surface area contributed by atoms with Gasteiger partial charge >= 0.3 is 0 Å². The van der Waals surface area contributed by atoms with Gasteiger partial charge in [0.05, 0.1) is 6.54 Å². The van der Waals surface area contributed by atoms with Crippen LogP contribution in [0.1, 0.15) is 31.9 Å². The van der Waals surface area contributed by atoms with Gasteiger partial charge in [-0.25, -0.2) is 12.7 Å². The first-order chi connectivity index (χ1) is 8.48. The molecule has 5 nitrogen and oxygen atoms in total. The maximum atomic E-state index is 11.8. The topological polar surface area (TPSA) is 62.6 Å². The van der Waals surface area contributed by atoms with Crippen LogP contribution in [0.4, 0.5) is 0 Å². The third kappa shape index (κ3) is 4.12. The molecule has 0 bridgehead atoms. The quantitative estimate of drug-likeness (QED) is 0.734. The fourth-order valence-corrected chi connectivity index (χ4v) is 2.30. The Morgan fingerprint density at radius 2 is 2.00 bits per heavy atom. The van der Waals surface area contributed by atoms with E-state index in [1.165, 1.54) is 33.0 Å². The summed E-state index contributed by atoms with van der Waals surface area (Å²) in [7, 11) is -0.483. The molecule has 0 saturated heterocycles. The summed E-state index contributed by atoms with van der Waals surface area (Å²) in [6.07, 6.45) is 3.51. The molecule has 104 valence electrons. The third-order valence-corrected chi connectivity index (χ3v) is 4.32. The monoisotopic (exact) mass is 274 g/mol. The molecule has 0 aliphatic carbocycles. The fourth-order valence-electron chi connectivity index (χ4n) is 1.48. The van der Waals surface area contributed by atoms with Gasteiger partial charge in [-0.1, -0.05) is 19.8 Å². The summed E-state index contributed by atoms with van der Waals surface area (Å²) >= 11 is 0. The molecular weight excluding hydrogens is 252 g/mol. The van der Waals surface area contributed by atoms with Crippen molar-refractivity contribution in [1.82, 2.24) is 9.62 Å². The average Bonchev–Trinajstić information content (AvgIpc) is 2.78. The number of furan rings is 1. The Hall–Kier alpha value is -0.850. The fraction of sp³-hybridized carbons (Fsp3) is 0.667. The lowest BCUT2D eigenvalue weighted by atomic mass is 10.2. The van der Waals surface area contributed by atoms with Crippen LogP contribution in [0, 0.1) is 0 Å². The number of nitrogens with zero attached hydrogens (tertiary/aromatic N) is 1. The predicted octanol–water partition coefficient (Wildman–Crippen LogP) is 1.81. The van der Waals surface area contributed by atoms with Crippen LogP contribution in [0.25, 0.3) is 0 Å².